The first kappa shape index (κ1) is 26.4. The molecule has 26 heavy (non-hydrogen) atoms. The van der Waals surface area contributed by atoms with Crippen molar-refractivity contribution >= 4 is 11.9 Å². The number of ether oxygens (including phenoxy) is 1. The lowest BCUT2D eigenvalue weighted by molar-refractivity contribution is -0.117. The lowest BCUT2D eigenvalue weighted by atomic mass is 10.0. The Labute approximate surface area is 159 Å². The van der Waals surface area contributed by atoms with E-state index in [9.17, 15) is 14.7 Å². The Bertz CT molecular complexity index is 497. The molecule has 0 aliphatic carbocycles. The summed E-state index contributed by atoms with van der Waals surface area (Å²) in [4.78, 5) is 24.2. The van der Waals surface area contributed by atoms with E-state index in [1.807, 2.05) is 41.5 Å². The molecule has 5 heteroatoms. The number of benzene rings is 1. The predicted octanol–water partition coefficient (Wildman–Crippen LogP) is 5.37. The number of ketones is 1. The molecule has 1 aromatic carbocycles. The van der Waals surface area contributed by atoms with E-state index in [2.05, 4.69) is 0 Å². The number of aliphatic hydroxyl groups excluding tert-OH is 1. The molecule has 0 bridgehead atoms. The van der Waals surface area contributed by atoms with E-state index in [1.54, 1.807) is 38.2 Å². The van der Waals surface area contributed by atoms with Crippen molar-refractivity contribution in [1.82, 2.24) is 4.90 Å². The molecule has 0 radical (unpaired) electrons. The Balaban J connectivity index is 0. The largest absolute Gasteiger partial charge is 0.415 e. The van der Waals surface area contributed by atoms with E-state index in [4.69, 9.17) is 4.74 Å². The molecule has 1 N–H and O–H groups in total. The molecular formula is C21H37NO4. The van der Waals surface area contributed by atoms with Crippen molar-refractivity contribution in [3.05, 3.63) is 29.8 Å². The Morgan fingerprint density at radius 1 is 1.08 bits per heavy atom. The average Bonchev–Trinajstić information content (AvgIpc) is 2.64. The van der Waals surface area contributed by atoms with Crippen molar-refractivity contribution < 1.29 is 19.4 Å². The minimum Gasteiger partial charge on any atom is -0.410 e. The van der Waals surface area contributed by atoms with E-state index < -0.39 is 12.2 Å². The Morgan fingerprint density at radius 2 is 1.58 bits per heavy atom. The number of nitrogens with zero attached hydrogens (tertiary/aromatic N) is 1. The number of hydrogen-bond donors (Lipinski definition) is 1. The van der Waals surface area contributed by atoms with Crippen molar-refractivity contribution in [3.8, 4) is 5.75 Å². The number of Topliss-reactive ketones (excluding diaryl/α,β-unsaturated/α-hetero) is 1. The molecule has 0 fully saturated rings. The summed E-state index contributed by atoms with van der Waals surface area (Å²) in [5.41, 5.74) is 0.751. The van der Waals surface area contributed by atoms with Crippen LogP contribution in [-0.4, -0.2) is 35.0 Å². The minimum atomic E-state index is -0.609. The van der Waals surface area contributed by atoms with Gasteiger partial charge in [0.2, 0.25) is 0 Å². The van der Waals surface area contributed by atoms with Gasteiger partial charge in [0.05, 0.1) is 6.10 Å². The minimum absolute atomic E-state index is 0.0647. The highest BCUT2D eigenvalue weighted by molar-refractivity contribution is 5.75. The molecule has 5 nitrogen and oxygen atoms in total. The summed E-state index contributed by atoms with van der Waals surface area (Å²) < 4.78 is 5.25. The monoisotopic (exact) mass is 367 g/mol. The average molecular weight is 368 g/mol. The molecule has 1 amide bonds. The number of hydrogen-bond acceptors (Lipinski definition) is 4. The van der Waals surface area contributed by atoms with Crippen molar-refractivity contribution in [2.24, 2.45) is 0 Å². The zero-order chi connectivity index (χ0) is 20.7. The lowest BCUT2D eigenvalue weighted by Gasteiger charge is -2.20. The van der Waals surface area contributed by atoms with Gasteiger partial charge in [-0.1, -0.05) is 39.8 Å². The molecule has 150 valence electrons. The van der Waals surface area contributed by atoms with Gasteiger partial charge in [0.1, 0.15) is 11.5 Å². The molecule has 0 aromatic heterocycles. The maximum absolute atomic E-state index is 11.8. The van der Waals surface area contributed by atoms with Gasteiger partial charge in [-0.15, -0.1) is 0 Å². The van der Waals surface area contributed by atoms with Gasteiger partial charge in [-0.3, -0.25) is 0 Å². The van der Waals surface area contributed by atoms with Crippen LogP contribution in [0.1, 0.15) is 79.4 Å². The Hall–Kier alpha value is -1.88. The van der Waals surface area contributed by atoms with Crippen LogP contribution in [0.5, 0.6) is 5.75 Å². The summed E-state index contributed by atoms with van der Waals surface area (Å²) in [6, 6.07) is 6.85. The summed E-state index contributed by atoms with van der Waals surface area (Å²) in [5, 5.41) is 10.0. The van der Waals surface area contributed by atoms with E-state index in [1.165, 1.54) is 4.90 Å². The standard InChI is InChI=1S/C17H25NO4.2C2H6/c1-12(2)18(4)17(21)22-15-10-8-14(9-11-15)16(20)7-5-6-13(3)19;2*1-2/h8-12,16,20H,5-7H2,1-4H3;2*1-2H3. The third-order valence-electron chi connectivity index (χ3n) is 3.54. The molecule has 1 atom stereocenters. The second-order valence-corrected chi connectivity index (χ2v) is 5.75. The van der Waals surface area contributed by atoms with Crippen molar-refractivity contribution in [2.75, 3.05) is 7.05 Å². The van der Waals surface area contributed by atoms with Gasteiger partial charge in [-0.25, -0.2) is 4.79 Å². The summed E-state index contributed by atoms with van der Waals surface area (Å²) in [7, 11) is 1.68. The van der Waals surface area contributed by atoms with Gasteiger partial charge in [0.15, 0.2) is 0 Å². The first-order valence-electron chi connectivity index (χ1n) is 9.53. The van der Waals surface area contributed by atoms with Crippen LogP contribution in [-0.2, 0) is 4.79 Å². The van der Waals surface area contributed by atoms with Crippen molar-refractivity contribution in [3.63, 3.8) is 0 Å². The summed E-state index contributed by atoms with van der Waals surface area (Å²) in [6.07, 6.45) is 0.655. The van der Waals surface area contributed by atoms with Gasteiger partial charge in [-0.2, -0.15) is 0 Å². The molecule has 0 heterocycles. The number of rotatable bonds is 7. The quantitative estimate of drug-likeness (QED) is 0.703. The normalized spacial score (nSPS) is 10.7. The molecule has 1 rings (SSSR count). The fourth-order valence-corrected chi connectivity index (χ4v) is 1.85. The summed E-state index contributed by atoms with van der Waals surface area (Å²) in [6.45, 7) is 13.4. The highest BCUT2D eigenvalue weighted by Crippen LogP contribution is 2.22. The molecule has 0 saturated heterocycles. The van der Waals surface area contributed by atoms with Crippen LogP contribution in [0.4, 0.5) is 4.79 Å². The predicted molar refractivity (Wildman–Crippen MR) is 108 cm³/mol. The zero-order valence-corrected chi connectivity index (χ0v) is 17.7. The van der Waals surface area contributed by atoms with Gasteiger partial charge in [-0.05, 0) is 51.3 Å². The number of aliphatic hydroxyl groups is 1. The smallest absolute Gasteiger partial charge is 0.410 e. The third kappa shape index (κ3) is 10.9. The molecular weight excluding hydrogens is 330 g/mol. The Morgan fingerprint density at radius 3 is 2.00 bits per heavy atom. The molecule has 1 aromatic rings. The first-order chi connectivity index (χ1) is 12.3. The second kappa shape index (κ2) is 15.4. The fraction of sp³-hybridized carbons (Fsp3) is 0.619. The van der Waals surface area contributed by atoms with Gasteiger partial charge >= 0.3 is 6.09 Å². The van der Waals surface area contributed by atoms with Crippen LogP contribution in [0.2, 0.25) is 0 Å². The topological polar surface area (TPSA) is 66.8 Å². The van der Waals surface area contributed by atoms with Crippen LogP contribution >= 0.6 is 0 Å². The third-order valence-corrected chi connectivity index (χ3v) is 3.54. The first-order valence-corrected chi connectivity index (χ1v) is 9.53. The van der Waals surface area contributed by atoms with E-state index in [-0.39, 0.29) is 11.8 Å². The van der Waals surface area contributed by atoms with E-state index >= 15 is 0 Å². The lowest BCUT2D eigenvalue weighted by Crippen LogP contribution is -2.35. The molecule has 0 aliphatic rings. The fourth-order valence-electron chi connectivity index (χ4n) is 1.85. The molecule has 0 aliphatic heterocycles. The molecule has 1 unspecified atom stereocenters. The second-order valence-electron chi connectivity index (χ2n) is 5.75. The maximum Gasteiger partial charge on any atom is 0.415 e. The highest BCUT2D eigenvalue weighted by atomic mass is 16.6. The Kier molecular flexibility index (Phi) is 15.6. The van der Waals surface area contributed by atoms with Crippen LogP contribution in [0, 0.1) is 0 Å². The number of carbonyl (C=O) groups excluding carboxylic acids is 2. The van der Waals surface area contributed by atoms with Crippen LogP contribution in [0.25, 0.3) is 0 Å². The van der Waals surface area contributed by atoms with Gasteiger partial charge < -0.3 is 19.5 Å². The van der Waals surface area contributed by atoms with Crippen molar-refractivity contribution in [2.45, 2.75) is 79.9 Å². The van der Waals surface area contributed by atoms with Gasteiger partial charge in [0.25, 0.3) is 0 Å². The van der Waals surface area contributed by atoms with Crippen LogP contribution < -0.4 is 4.74 Å². The molecule has 0 spiro atoms. The summed E-state index contributed by atoms with van der Waals surface area (Å²) in [5.74, 6) is 0.570. The number of carbonyl (C=O) groups is 2. The SMILES string of the molecule is CC.CC.CC(=O)CCCC(O)c1ccc(OC(=O)N(C)C(C)C)cc1. The highest BCUT2D eigenvalue weighted by Gasteiger charge is 2.14. The summed E-state index contributed by atoms with van der Waals surface area (Å²) >= 11 is 0. The van der Waals surface area contributed by atoms with Crippen LogP contribution in [0.15, 0.2) is 24.3 Å². The number of amides is 1. The van der Waals surface area contributed by atoms with Crippen molar-refractivity contribution in [1.29, 1.82) is 0 Å². The zero-order valence-electron chi connectivity index (χ0n) is 17.7. The van der Waals surface area contributed by atoms with Crippen LogP contribution in [0.3, 0.4) is 0 Å². The molecule has 0 saturated carbocycles. The maximum atomic E-state index is 11.8. The van der Waals surface area contributed by atoms with E-state index in [0.717, 1.165) is 5.56 Å². The van der Waals surface area contributed by atoms with E-state index in [0.29, 0.717) is 25.0 Å². The van der Waals surface area contributed by atoms with Gasteiger partial charge in [0, 0.05) is 19.5 Å².